The number of carbonyl (C=O) groups excluding carboxylic acids is 1. The summed E-state index contributed by atoms with van der Waals surface area (Å²) >= 11 is 0. The van der Waals surface area contributed by atoms with Crippen LogP contribution in [0, 0.1) is 18.7 Å². The Balaban J connectivity index is 1.81. The van der Waals surface area contributed by atoms with Gasteiger partial charge in [-0.15, -0.1) is 0 Å². The van der Waals surface area contributed by atoms with E-state index in [1.165, 1.54) is 6.07 Å². The zero-order chi connectivity index (χ0) is 17.9. The lowest BCUT2D eigenvalue weighted by atomic mass is 9.91. The Hall–Kier alpha value is -1.67. The molecule has 1 atom stereocenters. The number of hydrogen-bond donors (Lipinski definition) is 2. The average Bonchev–Trinajstić information content (AvgIpc) is 2.50. The van der Waals surface area contributed by atoms with Crippen molar-refractivity contribution in [3.8, 4) is 0 Å². The van der Waals surface area contributed by atoms with Gasteiger partial charge in [-0.3, -0.25) is 9.69 Å². The smallest absolute Gasteiger partial charge is 0.383 e. The second-order valence-electron chi connectivity index (χ2n) is 6.11. The van der Waals surface area contributed by atoms with Gasteiger partial charge in [0.2, 0.25) is 5.91 Å². The summed E-state index contributed by atoms with van der Waals surface area (Å²) in [6.45, 7) is 2.23. The molecule has 0 aromatic heterocycles. The molecule has 134 valence electrons. The molecule has 0 spiro atoms. The zero-order valence-electron chi connectivity index (χ0n) is 13.2. The number of piperidine rings is 1. The number of rotatable bonds is 4. The molecule has 1 heterocycles. The van der Waals surface area contributed by atoms with Crippen LogP contribution in [0.25, 0.3) is 0 Å². The summed E-state index contributed by atoms with van der Waals surface area (Å²) in [6.07, 6.45) is -6.58. The minimum absolute atomic E-state index is 0.0182. The fraction of sp³-hybridized carbons (Fsp3) is 0.562. The molecule has 0 bridgehead atoms. The highest BCUT2D eigenvalue weighted by Gasteiger charge is 2.44. The average molecular weight is 348 g/mol. The van der Waals surface area contributed by atoms with Crippen molar-refractivity contribution in [2.75, 3.05) is 25.0 Å². The van der Waals surface area contributed by atoms with Crippen LogP contribution in [0.2, 0.25) is 0 Å². The van der Waals surface area contributed by atoms with E-state index in [0.29, 0.717) is 24.3 Å². The number of alkyl halides is 3. The lowest BCUT2D eigenvalue weighted by Crippen LogP contribution is -2.45. The molecule has 0 radical (unpaired) electrons. The first-order valence-corrected chi connectivity index (χ1v) is 7.70. The van der Waals surface area contributed by atoms with Crippen LogP contribution in [-0.2, 0) is 4.79 Å². The van der Waals surface area contributed by atoms with Crippen LogP contribution in [0.4, 0.5) is 23.2 Å². The van der Waals surface area contributed by atoms with Crippen molar-refractivity contribution < 1.29 is 27.5 Å². The summed E-state index contributed by atoms with van der Waals surface area (Å²) in [7, 11) is 0. The molecule has 1 saturated heterocycles. The third-order valence-electron chi connectivity index (χ3n) is 4.24. The Morgan fingerprint density at radius 3 is 2.54 bits per heavy atom. The molecule has 1 unspecified atom stereocenters. The lowest BCUT2D eigenvalue weighted by molar-refractivity contribution is -0.223. The van der Waals surface area contributed by atoms with E-state index in [1.54, 1.807) is 24.0 Å². The second-order valence-corrected chi connectivity index (χ2v) is 6.11. The molecule has 8 heteroatoms. The normalized spacial score (nSPS) is 18.4. The van der Waals surface area contributed by atoms with E-state index >= 15 is 0 Å². The van der Waals surface area contributed by atoms with Crippen LogP contribution in [0.5, 0.6) is 0 Å². The summed E-state index contributed by atoms with van der Waals surface area (Å²) in [5.41, 5.74) is 0.809. The predicted octanol–water partition coefficient (Wildman–Crippen LogP) is 2.71. The van der Waals surface area contributed by atoms with Gasteiger partial charge in [0.25, 0.3) is 0 Å². The van der Waals surface area contributed by atoms with E-state index in [0.717, 1.165) is 0 Å². The van der Waals surface area contributed by atoms with Gasteiger partial charge >= 0.3 is 6.18 Å². The molecule has 1 aromatic rings. The molecule has 1 fully saturated rings. The molecule has 1 amide bonds. The van der Waals surface area contributed by atoms with Crippen molar-refractivity contribution >= 4 is 11.6 Å². The van der Waals surface area contributed by atoms with E-state index in [1.807, 2.05) is 0 Å². The van der Waals surface area contributed by atoms with E-state index in [9.17, 15) is 27.5 Å². The van der Waals surface area contributed by atoms with Gasteiger partial charge in [0.05, 0.1) is 6.54 Å². The molecule has 2 N–H and O–H groups in total. The molecular weight excluding hydrogens is 328 g/mol. The lowest BCUT2D eigenvalue weighted by Gasteiger charge is -2.34. The van der Waals surface area contributed by atoms with Crippen molar-refractivity contribution in [1.29, 1.82) is 0 Å². The number of anilines is 1. The van der Waals surface area contributed by atoms with Crippen molar-refractivity contribution in [3.05, 3.63) is 29.6 Å². The topological polar surface area (TPSA) is 52.6 Å². The molecule has 4 nitrogen and oxygen atoms in total. The van der Waals surface area contributed by atoms with Gasteiger partial charge in [0, 0.05) is 5.69 Å². The fourth-order valence-corrected chi connectivity index (χ4v) is 2.77. The Morgan fingerprint density at radius 1 is 1.38 bits per heavy atom. The highest BCUT2D eigenvalue weighted by molar-refractivity contribution is 5.92. The number of nitrogens with zero attached hydrogens (tertiary/aromatic N) is 1. The minimum atomic E-state index is -4.61. The fourth-order valence-electron chi connectivity index (χ4n) is 2.77. The maximum absolute atomic E-state index is 13.4. The zero-order valence-corrected chi connectivity index (χ0v) is 13.2. The van der Waals surface area contributed by atoms with E-state index < -0.39 is 24.0 Å². The van der Waals surface area contributed by atoms with Crippen LogP contribution >= 0.6 is 0 Å². The van der Waals surface area contributed by atoms with Gasteiger partial charge in [-0.2, -0.15) is 13.2 Å². The van der Waals surface area contributed by atoms with E-state index in [2.05, 4.69) is 5.32 Å². The number of carbonyl (C=O) groups is 1. The number of amides is 1. The largest absolute Gasteiger partial charge is 0.414 e. The number of aliphatic hydroxyl groups excluding tert-OH is 1. The van der Waals surface area contributed by atoms with E-state index in [-0.39, 0.29) is 25.3 Å². The SMILES string of the molecule is Cc1ccc(NC(=O)CN2CCC(C(O)C(F)(F)F)CC2)cc1F. The van der Waals surface area contributed by atoms with Crippen LogP contribution in [-0.4, -0.2) is 47.8 Å². The van der Waals surface area contributed by atoms with Gasteiger partial charge in [0.15, 0.2) is 6.10 Å². The van der Waals surface area contributed by atoms with Gasteiger partial charge in [-0.1, -0.05) is 6.07 Å². The van der Waals surface area contributed by atoms with Crippen LogP contribution in [0.3, 0.4) is 0 Å². The van der Waals surface area contributed by atoms with Gasteiger partial charge in [0.1, 0.15) is 5.82 Å². The maximum atomic E-state index is 13.4. The number of hydrogen-bond acceptors (Lipinski definition) is 3. The first-order valence-electron chi connectivity index (χ1n) is 7.70. The second kappa shape index (κ2) is 7.48. The molecule has 0 aliphatic carbocycles. The number of aryl methyl sites for hydroxylation is 1. The number of benzene rings is 1. The minimum Gasteiger partial charge on any atom is -0.383 e. The van der Waals surface area contributed by atoms with Crippen molar-refractivity contribution in [2.24, 2.45) is 5.92 Å². The number of likely N-dealkylation sites (tertiary alicyclic amines) is 1. The third kappa shape index (κ3) is 4.91. The van der Waals surface area contributed by atoms with Crippen molar-refractivity contribution in [1.82, 2.24) is 4.90 Å². The number of aliphatic hydroxyl groups is 1. The highest BCUT2D eigenvalue weighted by atomic mass is 19.4. The summed E-state index contributed by atoms with van der Waals surface area (Å²) in [4.78, 5) is 13.7. The summed E-state index contributed by atoms with van der Waals surface area (Å²) in [5, 5.41) is 11.8. The molecule has 0 saturated carbocycles. The Labute approximate surface area is 137 Å². The predicted molar refractivity (Wildman–Crippen MR) is 81.0 cm³/mol. The van der Waals surface area contributed by atoms with Crippen LogP contribution in [0.15, 0.2) is 18.2 Å². The summed E-state index contributed by atoms with van der Waals surface area (Å²) in [5.74, 6) is -1.61. The first-order chi connectivity index (χ1) is 11.2. The summed E-state index contributed by atoms with van der Waals surface area (Å²) < 4.78 is 50.9. The Morgan fingerprint density at radius 2 is 2.00 bits per heavy atom. The third-order valence-corrected chi connectivity index (χ3v) is 4.24. The van der Waals surface area contributed by atoms with Gasteiger partial charge in [-0.25, -0.2) is 4.39 Å². The van der Waals surface area contributed by atoms with Crippen LogP contribution < -0.4 is 5.32 Å². The standard InChI is InChI=1S/C16H20F4N2O2/c1-10-2-3-12(8-13(10)17)21-14(23)9-22-6-4-11(5-7-22)15(24)16(18,19)20/h2-3,8,11,15,24H,4-7,9H2,1H3,(H,21,23). The highest BCUT2D eigenvalue weighted by Crippen LogP contribution is 2.31. The van der Waals surface area contributed by atoms with Gasteiger partial charge in [-0.05, 0) is 56.5 Å². The van der Waals surface area contributed by atoms with Gasteiger partial charge < -0.3 is 10.4 Å². The number of nitrogens with one attached hydrogen (secondary N) is 1. The molecular formula is C16H20F4N2O2. The Kier molecular flexibility index (Phi) is 5.82. The van der Waals surface area contributed by atoms with Crippen molar-refractivity contribution in [3.63, 3.8) is 0 Å². The molecule has 1 aromatic carbocycles. The Bertz CT molecular complexity index is 584. The monoisotopic (exact) mass is 348 g/mol. The summed E-state index contributed by atoms with van der Waals surface area (Å²) in [6, 6.07) is 4.36. The molecule has 1 aliphatic rings. The molecule has 24 heavy (non-hydrogen) atoms. The maximum Gasteiger partial charge on any atom is 0.414 e. The molecule has 2 rings (SSSR count). The van der Waals surface area contributed by atoms with Crippen LogP contribution in [0.1, 0.15) is 18.4 Å². The first kappa shape index (κ1) is 18.7. The van der Waals surface area contributed by atoms with Crippen molar-refractivity contribution in [2.45, 2.75) is 32.0 Å². The quantitative estimate of drug-likeness (QED) is 0.823. The molecule has 1 aliphatic heterocycles. The van der Waals surface area contributed by atoms with E-state index in [4.69, 9.17) is 0 Å². The number of halogens is 4.